The van der Waals surface area contributed by atoms with Crippen LogP contribution in [0.4, 0.5) is 5.69 Å². The molecule has 0 spiro atoms. The predicted molar refractivity (Wildman–Crippen MR) is 86.6 cm³/mol. The molecule has 0 bridgehead atoms. The SMILES string of the molecule is COc1cccc(C2CCc3cc(C)c(Br)cc3N2)c1. The van der Waals surface area contributed by atoms with E-state index in [1.165, 1.54) is 22.4 Å². The largest absolute Gasteiger partial charge is 0.497 e. The summed E-state index contributed by atoms with van der Waals surface area (Å²) in [5, 5.41) is 3.65. The number of hydrogen-bond donors (Lipinski definition) is 1. The van der Waals surface area contributed by atoms with Crippen LogP contribution in [-0.4, -0.2) is 7.11 Å². The molecule has 2 nitrogen and oxygen atoms in total. The van der Waals surface area contributed by atoms with E-state index in [0.717, 1.165) is 23.1 Å². The van der Waals surface area contributed by atoms with Gasteiger partial charge in [-0.1, -0.05) is 34.1 Å². The van der Waals surface area contributed by atoms with Crippen molar-refractivity contribution >= 4 is 21.6 Å². The molecule has 20 heavy (non-hydrogen) atoms. The van der Waals surface area contributed by atoms with Crippen LogP contribution < -0.4 is 10.1 Å². The summed E-state index contributed by atoms with van der Waals surface area (Å²) in [7, 11) is 1.71. The first-order valence-corrected chi connectivity index (χ1v) is 7.66. The molecule has 2 aromatic carbocycles. The third-order valence-corrected chi connectivity index (χ3v) is 4.77. The molecule has 3 heteroatoms. The lowest BCUT2D eigenvalue weighted by atomic mass is 9.92. The van der Waals surface area contributed by atoms with Crippen molar-refractivity contribution in [3.63, 3.8) is 0 Å². The summed E-state index contributed by atoms with van der Waals surface area (Å²) >= 11 is 3.61. The summed E-state index contributed by atoms with van der Waals surface area (Å²) in [5.74, 6) is 0.917. The Morgan fingerprint density at radius 2 is 2.10 bits per heavy atom. The number of nitrogens with one attached hydrogen (secondary N) is 1. The zero-order valence-corrected chi connectivity index (χ0v) is 13.3. The van der Waals surface area contributed by atoms with Crippen LogP contribution in [0.25, 0.3) is 0 Å². The van der Waals surface area contributed by atoms with Gasteiger partial charge in [-0.25, -0.2) is 0 Å². The topological polar surface area (TPSA) is 21.3 Å². The first-order chi connectivity index (χ1) is 9.67. The lowest BCUT2D eigenvalue weighted by Gasteiger charge is -2.28. The van der Waals surface area contributed by atoms with Gasteiger partial charge in [0.1, 0.15) is 5.75 Å². The molecule has 104 valence electrons. The second kappa shape index (κ2) is 5.49. The fourth-order valence-corrected chi connectivity index (χ4v) is 3.09. The number of benzene rings is 2. The van der Waals surface area contributed by atoms with Crippen LogP contribution in [0.5, 0.6) is 5.75 Å². The maximum Gasteiger partial charge on any atom is 0.119 e. The molecule has 1 aliphatic rings. The first-order valence-electron chi connectivity index (χ1n) is 6.87. The van der Waals surface area contributed by atoms with Crippen LogP contribution in [0.2, 0.25) is 0 Å². The fourth-order valence-electron chi connectivity index (χ4n) is 2.75. The van der Waals surface area contributed by atoms with Gasteiger partial charge in [0, 0.05) is 10.2 Å². The molecule has 1 unspecified atom stereocenters. The van der Waals surface area contributed by atoms with Gasteiger partial charge in [0.15, 0.2) is 0 Å². The maximum absolute atomic E-state index is 5.31. The summed E-state index contributed by atoms with van der Waals surface area (Å²) in [6.45, 7) is 2.14. The molecular formula is C17H18BrNO. The van der Waals surface area contributed by atoms with Gasteiger partial charge in [-0.3, -0.25) is 0 Å². The molecule has 1 aliphatic heterocycles. The third-order valence-electron chi connectivity index (χ3n) is 3.91. The predicted octanol–water partition coefficient (Wildman–Crippen LogP) is 4.87. The van der Waals surface area contributed by atoms with Gasteiger partial charge >= 0.3 is 0 Å². The fraction of sp³-hybridized carbons (Fsp3) is 0.294. The summed E-state index contributed by atoms with van der Waals surface area (Å²) in [4.78, 5) is 0. The van der Waals surface area contributed by atoms with E-state index in [9.17, 15) is 0 Å². The van der Waals surface area contributed by atoms with Gasteiger partial charge in [0.05, 0.1) is 13.2 Å². The van der Waals surface area contributed by atoms with E-state index in [1.807, 2.05) is 6.07 Å². The quantitative estimate of drug-likeness (QED) is 0.847. The number of methoxy groups -OCH3 is 1. The lowest BCUT2D eigenvalue weighted by Crippen LogP contribution is -2.18. The zero-order chi connectivity index (χ0) is 14.1. The Kier molecular flexibility index (Phi) is 3.70. The van der Waals surface area contributed by atoms with Gasteiger partial charge in [-0.15, -0.1) is 0 Å². The zero-order valence-electron chi connectivity index (χ0n) is 11.7. The molecule has 0 saturated carbocycles. The summed E-state index contributed by atoms with van der Waals surface area (Å²) in [6.07, 6.45) is 2.22. The number of rotatable bonds is 2. The maximum atomic E-state index is 5.31. The number of anilines is 1. The molecule has 1 atom stereocenters. The highest BCUT2D eigenvalue weighted by Crippen LogP contribution is 2.36. The molecule has 0 aliphatic carbocycles. The Bertz CT molecular complexity index is 639. The molecular weight excluding hydrogens is 314 g/mol. The lowest BCUT2D eigenvalue weighted by molar-refractivity contribution is 0.414. The van der Waals surface area contributed by atoms with Crippen molar-refractivity contribution in [1.29, 1.82) is 0 Å². The number of halogens is 1. The monoisotopic (exact) mass is 331 g/mol. The third kappa shape index (κ3) is 2.55. The van der Waals surface area contributed by atoms with Crippen LogP contribution >= 0.6 is 15.9 Å². The van der Waals surface area contributed by atoms with Crippen molar-refractivity contribution in [2.75, 3.05) is 12.4 Å². The standard InChI is InChI=1S/C17H18BrNO/c1-11-8-13-6-7-16(19-17(13)10-15(11)18)12-4-3-5-14(9-12)20-2/h3-5,8-10,16,19H,6-7H2,1-2H3. The molecule has 0 radical (unpaired) electrons. The number of fused-ring (bicyclic) bond motifs is 1. The minimum absolute atomic E-state index is 0.354. The molecule has 1 N–H and O–H groups in total. The van der Waals surface area contributed by atoms with Crippen molar-refractivity contribution in [2.45, 2.75) is 25.8 Å². The molecule has 3 rings (SSSR count). The van der Waals surface area contributed by atoms with Gasteiger partial charge in [-0.05, 0) is 54.7 Å². The Hall–Kier alpha value is -1.48. The summed E-state index contributed by atoms with van der Waals surface area (Å²) in [5.41, 5.74) is 5.23. The first kappa shape index (κ1) is 13.5. The van der Waals surface area contributed by atoms with E-state index in [0.29, 0.717) is 6.04 Å². The normalized spacial score (nSPS) is 17.2. The molecule has 2 aromatic rings. The van der Waals surface area contributed by atoms with Gasteiger partial charge in [0.25, 0.3) is 0 Å². The molecule has 0 saturated heterocycles. The minimum atomic E-state index is 0.354. The highest BCUT2D eigenvalue weighted by molar-refractivity contribution is 9.10. The highest BCUT2D eigenvalue weighted by atomic mass is 79.9. The van der Waals surface area contributed by atoms with Crippen LogP contribution in [0, 0.1) is 6.92 Å². The van der Waals surface area contributed by atoms with Gasteiger partial charge < -0.3 is 10.1 Å². The summed E-state index contributed by atoms with van der Waals surface area (Å²) in [6, 6.07) is 13.1. The second-order valence-corrected chi connectivity index (χ2v) is 6.13. The molecule has 1 heterocycles. The van der Waals surface area contributed by atoms with Crippen LogP contribution in [0.1, 0.15) is 29.2 Å². The van der Waals surface area contributed by atoms with Crippen molar-refractivity contribution < 1.29 is 4.74 Å². The molecule has 0 fully saturated rings. The van der Waals surface area contributed by atoms with Crippen LogP contribution in [0.15, 0.2) is 40.9 Å². The van der Waals surface area contributed by atoms with E-state index in [1.54, 1.807) is 7.11 Å². The number of hydrogen-bond acceptors (Lipinski definition) is 2. The van der Waals surface area contributed by atoms with Crippen molar-refractivity contribution in [3.8, 4) is 5.75 Å². The van der Waals surface area contributed by atoms with Crippen LogP contribution in [0.3, 0.4) is 0 Å². The second-order valence-electron chi connectivity index (χ2n) is 5.27. The Morgan fingerprint density at radius 1 is 1.25 bits per heavy atom. The Balaban J connectivity index is 1.89. The van der Waals surface area contributed by atoms with E-state index in [-0.39, 0.29) is 0 Å². The number of ether oxygens (including phenoxy) is 1. The van der Waals surface area contributed by atoms with E-state index in [2.05, 4.69) is 58.5 Å². The van der Waals surface area contributed by atoms with E-state index >= 15 is 0 Å². The van der Waals surface area contributed by atoms with Crippen molar-refractivity contribution in [3.05, 3.63) is 57.6 Å². The van der Waals surface area contributed by atoms with E-state index in [4.69, 9.17) is 4.74 Å². The summed E-state index contributed by atoms with van der Waals surface area (Å²) < 4.78 is 6.48. The number of aryl methyl sites for hydroxylation is 2. The average Bonchev–Trinajstić information content (AvgIpc) is 2.48. The van der Waals surface area contributed by atoms with E-state index < -0.39 is 0 Å². The average molecular weight is 332 g/mol. The van der Waals surface area contributed by atoms with Crippen molar-refractivity contribution in [1.82, 2.24) is 0 Å². The highest BCUT2D eigenvalue weighted by Gasteiger charge is 2.20. The van der Waals surface area contributed by atoms with Crippen molar-refractivity contribution in [2.24, 2.45) is 0 Å². The Labute approximate surface area is 128 Å². The molecule has 0 amide bonds. The molecule has 0 aromatic heterocycles. The van der Waals surface area contributed by atoms with Gasteiger partial charge in [0.2, 0.25) is 0 Å². The smallest absolute Gasteiger partial charge is 0.119 e. The van der Waals surface area contributed by atoms with Gasteiger partial charge in [-0.2, -0.15) is 0 Å². The Morgan fingerprint density at radius 3 is 2.90 bits per heavy atom. The van der Waals surface area contributed by atoms with Crippen LogP contribution in [-0.2, 0) is 6.42 Å². The minimum Gasteiger partial charge on any atom is -0.497 e.